The number of rotatable bonds is 17. The van der Waals surface area contributed by atoms with Crippen LogP contribution in [0.3, 0.4) is 0 Å². The number of carbonyl (C=O) groups excluding carboxylic acids is 1. The Kier molecular flexibility index (Phi) is 18.5. The van der Waals surface area contributed by atoms with E-state index in [0.29, 0.717) is 57.4 Å². The fourth-order valence-electron chi connectivity index (χ4n) is 7.38. The molecule has 5 aromatic heterocycles. The van der Waals surface area contributed by atoms with Crippen molar-refractivity contribution >= 4 is 37.4 Å². The topological polar surface area (TPSA) is 279 Å². The van der Waals surface area contributed by atoms with E-state index in [-0.39, 0.29) is 23.1 Å². The smallest absolute Gasteiger partial charge is 0.271 e. The maximum absolute atomic E-state index is 13.7. The number of anilines is 1. The normalized spacial score (nSPS) is 13.3. The molecular weight excluding hydrogens is 1000 g/mol. The summed E-state index contributed by atoms with van der Waals surface area (Å²) in [5.41, 5.74) is 10.3. The van der Waals surface area contributed by atoms with E-state index < -0.39 is 48.1 Å². The van der Waals surface area contributed by atoms with Gasteiger partial charge in [0.05, 0.1) is 44.5 Å². The van der Waals surface area contributed by atoms with Gasteiger partial charge in [-0.1, -0.05) is 26.0 Å². The van der Waals surface area contributed by atoms with Crippen molar-refractivity contribution < 1.29 is 40.6 Å². The molecule has 0 spiro atoms. The largest absolute Gasteiger partial charge is 0.494 e. The highest BCUT2D eigenvalue weighted by Crippen LogP contribution is 2.38. The maximum Gasteiger partial charge on any atom is 0.271 e. The Morgan fingerprint density at radius 2 is 1.11 bits per heavy atom. The molecule has 0 saturated heterocycles. The van der Waals surface area contributed by atoms with Crippen molar-refractivity contribution in [2.75, 3.05) is 33.8 Å². The molecule has 22 nitrogen and oxygen atoms in total. The second-order valence-corrected chi connectivity index (χ2v) is 21.8. The minimum absolute atomic E-state index is 0.225. The number of benzene rings is 2. The average molecular weight is 1060 g/mol. The van der Waals surface area contributed by atoms with Crippen LogP contribution < -0.4 is 35.1 Å². The van der Waals surface area contributed by atoms with Gasteiger partial charge in [0.15, 0.2) is 21.5 Å². The molecule has 7 rings (SSSR count). The lowest BCUT2D eigenvalue weighted by atomic mass is 10.1. The summed E-state index contributed by atoms with van der Waals surface area (Å²) in [6.07, 6.45) is 13.0. The van der Waals surface area contributed by atoms with Crippen LogP contribution >= 0.6 is 0 Å². The van der Waals surface area contributed by atoms with Gasteiger partial charge in [-0.2, -0.15) is 0 Å². The Hall–Kier alpha value is -8.12. The van der Waals surface area contributed by atoms with Crippen molar-refractivity contribution in [3.8, 4) is 40.1 Å². The van der Waals surface area contributed by atoms with E-state index in [1.807, 2.05) is 33.8 Å². The van der Waals surface area contributed by atoms with Gasteiger partial charge in [0, 0.05) is 67.0 Å². The fraction of sp³-hybridized carbons (Fsp3) is 0.333. The number of sulfone groups is 1. The number of aromatic nitrogens is 9. The van der Waals surface area contributed by atoms with Crippen LogP contribution in [0.1, 0.15) is 89.6 Å². The van der Waals surface area contributed by atoms with E-state index >= 15 is 0 Å². The molecule has 3 N–H and O–H groups in total. The van der Waals surface area contributed by atoms with E-state index in [1.54, 1.807) is 111 Å². The number of guanidine groups is 1. The zero-order valence-electron chi connectivity index (χ0n) is 43.7. The van der Waals surface area contributed by atoms with Gasteiger partial charge in [0.2, 0.25) is 5.96 Å². The SMILES string of the molecule is COc1cccc(OC)c1-n1c(CS(=O)(=O)[C@@H](C)[C@H](C)c2ncc(C)cn2)nnc1-c1cncc(C)c1.COc1cccc(OC)c1NC(=NS(=O)(=O)[C@@H](C)[C@H](C)c1ncc(C)cn1)NNC(=O)c1cncc(C)c1. The third-order valence-corrected chi connectivity index (χ3v) is 16.0. The lowest BCUT2D eigenvalue weighted by Gasteiger charge is -2.20. The monoisotopic (exact) mass is 1060 g/mol. The lowest BCUT2D eigenvalue weighted by Crippen LogP contribution is -2.45. The summed E-state index contributed by atoms with van der Waals surface area (Å²) < 4.78 is 81.8. The number of aryl methyl sites for hydroxylation is 4. The lowest BCUT2D eigenvalue weighted by molar-refractivity contribution is 0.0943. The Morgan fingerprint density at radius 3 is 1.61 bits per heavy atom. The molecule has 75 heavy (non-hydrogen) atoms. The Bertz CT molecular complexity index is 3310. The number of para-hydroxylation sites is 2. The highest BCUT2D eigenvalue weighted by molar-refractivity contribution is 7.91. The summed E-state index contributed by atoms with van der Waals surface area (Å²) in [4.78, 5) is 38.2. The van der Waals surface area contributed by atoms with Crippen LogP contribution in [0.2, 0.25) is 0 Å². The van der Waals surface area contributed by atoms with Crippen LogP contribution in [0, 0.1) is 27.7 Å². The summed E-state index contributed by atoms with van der Waals surface area (Å²) in [6, 6.07) is 13.9. The maximum atomic E-state index is 13.7. The third-order valence-electron chi connectivity index (χ3n) is 12.0. The molecule has 0 unspecified atom stereocenters. The van der Waals surface area contributed by atoms with Crippen LogP contribution in [0.4, 0.5) is 5.69 Å². The summed E-state index contributed by atoms with van der Waals surface area (Å²) in [7, 11) is -1.88. The molecule has 0 radical (unpaired) electrons. The molecule has 4 atom stereocenters. The van der Waals surface area contributed by atoms with Crippen molar-refractivity contribution in [2.24, 2.45) is 4.40 Å². The highest BCUT2D eigenvalue weighted by atomic mass is 32.2. The quantitative estimate of drug-likeness (QED) is 0.0492. The first-order valence-corrected chi connectivity index (χ1v) is 26.6. The second kappa shape index (κ2) is 24.7. The standard InChI is InChI=1S/C26H30N6O4S.C25H31N7O5S/c1-16-10-20(14-27-11-16)26-31-30-23(32(26)24-21(35-5)8-7-9-22(24)36-6)15-37(33,34)19(4)18(3)25-28-12-17(2)13-29-25;1-15-10-19(14-26-11-15)24(33)30-31-25(29-22-20(36-5)8-7-9-21(22)37-6)32-38(34,35)18(4)17(3)23-27-12-16(2)13-28-23/h7-14,18-19H,15H2,1-6H3;7-14,17-18H,1-6H3,(H,30,33)(H2,29,31,32)/t18-,19-;17-,18-/m00/s1. The number of nitrogens with one attached hydrogen (secondary N) is 3. The molecule has 0 bridgehead atoms. The van der Waals surface area contributed by atoms with Gasteiger partial charge in [-0.05, 0) is 100 Å². The van der Waals surface area contributed by atoms with Crippen LogP contribution in [0.25, 0.3) is 17.1 Å². The number of nitrogens with zero attached hydrogens (tertiary/aromatic N) is 10. The number of carbonyl (C=O) groups is 1. The van der Waals surface area contributed by atoms with Crippen molar-refractivity contribution in [1.29, 1.82) is 0 Å². The fourth-order valence-corrected chi connectivity index (χ4v) is 10.1. The molecule has 24 heteroatoms. The molecular formula is C51H61N13O9S2. The molecule has 0 saturated carbocycles. The van der Waals surface area contributed by atoms with Crippen molar-refractivity contribution in [3.05, 3.63) is 143 Å². The van der Waals surface area contributed by atoms with E-state index in [9.17, 15) is 21.6 Å². The van der Waals surface area contributed by atoms with E-state index in [0.717, 1.165) is 22.3 Å². The molecule has 0 aliphatic heterocycles. The number of hydrogen-bond acceptors (Lipinski definition) is 17. The molecule has 0 aliphatic rings. The summed E-state index contributed by atoms with van der Waals surface area (Å²) in [6.45, 7) is 14.1. The number of hydrazine groups is 1. The van der Waals surface area contributed by atoms with Gasteiger partial charge in [0.1, 0.15) is 51.8 Å². The predicted molar refractivity (Wildman–Crippen MR) is 283 cm³/mol. The van der Waals surface area contributed by atoms with Crippen LogP contribution in [-0.2, 0) is 25.6 Å². The van der Waals surface area contributed by atoms with Crippen LogP contribution in [-0.4, -0.2) is 112 Å². The number of hydrogen-bond donors (Lipinski definition) is 3. The van der Waals surface area contributed by atoms with Crippen LogP contribution in [0.5, 0.6) is 23.0 Å². The number of amides is 1. The van der Waals surface area contributed by atoms with Gasteiger partial charge in [0.25, 0.3) is 15.9 Å². The summed E-state index contributed by atoms with van der Waals surface area (Å²) >= 11 is 0. The van der Waals surface area contributed by atoms with Gasteiger partial charge >= 0.3 is 0 Å². The third kappa shape index (κ3) is 13.7. The second-order valence-electron chi connectivity index (χ2n) is 17.5. The number of methoxy groups -OCH3 is 4. The Balaban J connectivity index is 0.000000244. The van der Waals surface area contributed by atoms with Gasteiger partial charge in [-0.3, -0.25) is 30.2 Å². The van der Waals surface area contributed by atoms with Gasteiger partial charge in [-0.15, -0.1) is 14.6 Å². The molecule has 5 heterocycles. The highest BCUT2D eigenvalue weighted by Gasteiger charge is 2.34. The molecule has 7 aromatic rings. The number of ether oxygens (including phenoxy) is 4. The summed E-state index contributed by atoms with van der Waals surface area (Å²) in [5.74, 6) is 0.982. The van der Waals surface area contributed by atoms with E-state index in [2.05, 4.69) is 60.7 Å². The minimum Gasteiger partial charge on any atom is -0.494 e. The summed E-state index contributed by atoms with van der Waals surface area (Å²) in [5, 5.41) is 9.82. The van der Waals surface area contributed by atoms with Crippen molar-refractivity contribution in [3.63, 3.8) is 0 Å². The first kappa shape index (κ1) is 56.2. The Morgan fingerprint density at radius 1 is 0.613 bits per heavy atom. The molecule has 0 aliphatic carbocycles. The van der Waals surface area contributed by atoms with E-state index in [4.69, 9.17) is 18.9 Å². The number of sulfonamides is 1. The first-order valence-electron chi connectivity index (χ1n) is 23.4. The van der Waals surface area contributed by atoms with Crippen molar-refractivity contribution in [1.82, 2.24) is 55.5 Å². The molecule has 396 valence electrons. The average Bonchev–Trinajstić information content (AvgIpc) is 3.81. The first-order chi connectivity index (χ1) is 35.7. The molecule has 2 aromatic carbocycles. The molecule has 0 fully saturated rings. The van der Waals surface area contributed by atoms with Gasteiger partial charge < -0.3 is 24.3 Å². The van der Waals surface area contributed by atoms with Gasteiger partial charge in [-0.25, -0.2) is 36.8 Å². The zero-order chi connectivity index (χ0) is 54.6. The van der Waals surface area contributed by atoms with E-state index in [1.165, 1.54) is 41.6 Å². The number of pyridine rings is 2. The van der Waals surface area contributed by atoms with Crippen LogP contribution in [0.15, 0.2) is 103 Å². The molecule has 1 amide bonds. The van der Waals surface area contributed by atoms with Crippen molar-refractivity contribution in [2.45, 2.75) is 83.5 Å². The Labute approximate surface area is 436 Å². The predicted octanol–water partition coefficient (Wildman–Crippen LogP) is 6.59. The minimum atomic E-state index is -4.16. The zero-order valence-corrected chi connectivity index (χ0v) is 45.3.